The maximum Gasteiger partial charge on any atom is 0.254 e. The van der Waals surface area contributed by atoms with E-state index < -0.39 is 12.1 Å². The van der Waals surface area contributed by atoms with Crippen molar-refractivity contribution in [3.8, 4) is 11.5 Å². The van der Waals surface area contributed by atoms with Gasteiger partial charge in [0, 0.05) is 40.4 Å². The molecule has 218 valence electrons. The van der Waals surface area contributed by atoms with E-state index in [1.807, 2.05) is 47.5 Å². The Hall–Kier alpha value is -3.86. The molecule has 4 aromatic rings. The molecule has 2 aliphatic heterocycles. The number of nitrogens with zero attached hydrogens (tertiary/aromatic N) is 3. The van der Waals surface area contributed by atoms with Crippen molar-refractivity contribution in [3.05, 3.63) is 93.8 Å². The second-order valence-electron chi connectivity index (χ2n) is 11.1. The van der Waals surface area contributed by atoms with Crippen LogP contribution in [0, 0.1) is 6.92 Å². The van der Waals surface area contributed by atoms with Crippen molar-refractivity contribution in [3.63, 3.8) is 0 Å². The summed E-state index contributed by atoms with van der Waals surface area (Å²) in [5.41, 5.74) is 3.18. The fourth-order valence-corrected chi connectivity index (χ4v) is 6.93. The Morgan fingerprint density at radius 3 is 2.71 bits per heavy atom. The lowest BCUT2D eigenvalue weighted by molar-refractivity contribution is 0.0733. The van der Waals surface area contributed by atoms with Crippen molar-refractivity contribution in [1.82, 2.24) is 25.5 Å². The van der Waals surface area contributed by atoms with Gasteiger partial charge in [-0.25, -0.2) is 9.97 Å². The van der Waals surface area contributed by atoms with E-state index in [9.17, 15) is 14.7 Å². The van der Waals surface area contributed by atoms with Gasteiger partial charge in [-0.2, -0.15) is 0 Å². The van der Waals surface area contributed by atoms with Crippen molar-refractivity contribution in [1.29, 1.82) is 0 Å². The summed E-state index contributed by atoms with van der Waals surface area (Å²) in [6, 6.07) is 14.1. The first-order valence-electron chi connectivity index (χ1n) is 14.5. The van der Waals surface area contributed by atoms with Gasteiger partial charge in [0.2, 0.25) is 5.89 Å². The molecular formula is C32H35N5O4S. The first-order chi connectivity index (χ1) is 20.5. The van der Waals surface area contributed by atoms with Gasteiger partial charge in [-0.15, -0.1) is 11.3 Å². The fraction of sp³-hybridized carbons (Fsp3) is 0.375. The van der Waals surface area contributed by atoms with Crippen LogP contribution in [0.3, 0.4) is 0 Å². The summed E-state index contributed by atoms with van der Waals surface area (Å²) in [7, 11) is 0. The molecule has 2 aliphatic rings. The molecule has 42 heavy (non-hydrogen) atoms. The Bertz CT molecular complexity index is 1520. The second-order valence-corrected chi connectivity index (χ2v) is 12.0. The molecule has 0 bridgehead atoms. The van der Waals surface area contributed by atoms with E-state index in [-0.39, 0.29) is 23.9 Å². The number of hydrogen-bond acceptors (Lipinski definition) is 8. The fourth-order valence-electron chi connectivity index (χ4n) is 5.99. The van der Waals surface area contributed by atoms with Crippen molar-refractivity contribution in [2.75, 3.05) is 13.1 Å². The van der Waals surface area contributed by atoms with Crippen molar-refractivity contribution in [2.45, 2.75) is 63.3 Å². The van der Waals surface area contributed by atoms with Gasteiger partial charge in [0.25, 0.3) is 11.8 Å². The molecule has 1 unspecified atom stereocenters. The monoisotopic (exact) mass is 585 g/mol. The summed E-state index contributed by atoms with van der Waals surface area (Å²) in [6.45, 7) is 3.42. The molecule has 2 aromatic carbocycles. The van der Waals surface area contributed by atoms with E-state index in [0.29, 0.717) is 35.5 Å². The number of nitrogens with one attached hydrogen (secondary N) is 2. The van der Waals surface area contributed by atoms with Crippen LogP contribution in [0.1, 0.15) is 68.7 Å². The Labute approximate surface area is 249 Å². The van der Waals surface area contributed by atoms with Crippen LogP contribution < -0.4 is 10.6 Å². The van der Waals surface area contributed by atoms with Gasteiger partial charge in [0.05, 0.1) is 24.4 Å². The number of carbonyl (C=O) groups is 2. The molecule has 0 aliphatic carbocycles. The molecule has 4 atom stereocenters. The lowest BCUT2D eigenvalue weighted by atomic mass is 9.95. The predicted octanol–water partition coefficient (Wildman–Crippen LogP) is 4.54. The third-order valence-corrected chi connectivity index (χ3v) is 9.16. The van der Waals surface area contributed by atoms with E-state index in [2.05, 4.69) is 20.6 Å². The van der Waals surface area contributed by atoms with Gasteiger partial charge in [0.1, 0.15) is 11.3 Å². The van der Waals surface area contributed by atoms with Gasteiger partial charge in [-0.3, -0.25) is 9.59 Å². The van der Waals surface area contributed by atoms with Gasteiger partial charge in [-0.05, 0) is 69.3 Å². The van der Waals surface area contributed by atoms with Crippen LogP contribution >= 0.6 is 11.3 Å². The van der Waals surface area contributed by atoms with Crippen molar-refractivity contribution in [2.24, 2.45) is 0 Å². The standard InChI is InChI=1S/C32H35N5O4S/c1-20-19-42-31(35-20)27-10-6-13-37(27)32(40)24-17-22(16-23(18-24)30-34-12-14-41-30)29(39)36-26(15-21-7-3-2-4-8-21)28(38)25-9-5-11-33-25/h2-4,7-8,12,14,16-19,25-28,33,38H,5-6,9-11,13,15H2,1H3,(H,36,39)/t25-,26?,27+,28+/m0/s1. The summed E-state index contributed by atoms with van der Waals surface area (Å²) in [5.74, 6) is -0.212. The topological polar surface area (TPSA) is 121 Å². The maximum absolute atomic E-state index is 14.0. The minimum absolute atomic E-state index is 0.0943. The first kappa shape index (κ1) is 28.3. The molecule has 3 N–H and O–H groups in total. The Kier molecular flexibility index (Phi) is 8.46. The number of amides is 2. The summed E-state index contributed by atoms with van der Waals surface area (Å²) in [6.07, 6.45) is 6.25. The molecule has 9 nitrogen and oxygen atoms in total. The van der Waals surface area contributed by atoms with E-state index in [0.717, 1.165) is 48.5 Å². The van der Waals surface area contributed by atoms with Gasteiger partial charge >= 0.3 is 0 Å². The molecule has 2 saturated heterocycles. The van der Waals surface area contributed by atoms with Crippen LogP contribution in [-0.4, -0.2) is 63.1 Å². The Morgan fingerprint density at radius 1 is 1.17 bits per heavy atom. The molecule has 10 heteroatoms. The average Bonchev–Trinajstić information content (AvgIpc) is 3.84. The largest absolute Gasteiger partial charge is 0.445 e. The lowest BCUT2D eigenvalue weighted by Gasteiger charge is -2.29. The lowest BCUT2D eigenvalue weighted by Crippen LogP contribution is -2.52. The second kappa shape index (κ2) is 12.6. The van der Waals surface area contributed by atoms with Crippen LogP contribution in [0.5, 0.6) is 0 Å². The average molecular weight is 586 g/mol. The van der Waals surface area contributed by atoms with Crippen LogP contribution in [0.2, 0.25) is 0 Å². The minimum Gasteiger partial charge on any atom is -0.445 e. The van der Waals surface area contributed by atoms with Crippen LogP contribution in [0.25, 0.3) is 11.5 Å². The number of benzene rings is 2. The SMILES string of the molecule is Cc1csc([C@H]2CCCN2C(=O)c2cc(C(=O)NC(Cc3ccccc3)[C@H](O)[C@@H]3CCCN3)cc(-c3ncco3)c2)n1. The number of aryl methyl sites for hydroxylation is 1. The third-order valence-electron chi connectivity index (χ3n) is 8.09. The molecular weight excluding hydrogens is 550 g/mol. The Morgan fingerprint density at radius 2 is 2.00 bits per heavy atom. The Balaban J connectivity index is 1.30. The molecule has 2 fully saturated rings. The van der Waals surface area contributed by atoms with E-state index >= 15 is 0 Å². The number of thiazole rings is 1. The molecule has 0 spiro atoms. The molecule has 2 aromatic heterocycles. The summed E-state index contributed by atoms with van der Waals surface area (Å²) < 4.78 is 5.55. The zero-order chi connectivity index (χ0) is 29.1. The van der Waals surface area contributed by atoms with Gasteiger partial charge < -0.3 is 25.1 Å². The smallest absolute Gasteiger partial charge is 0.254 e. The highest BCUT2D eigenvalue weighted by Gasteiger charge is 2.34. The molecule has 2 amide bonds. The van der Waals surface area contributed by atoms with Gasteiger partial charge in [-0.1, -0.05) is 30.3 Å². The van der Waals surface area contributed by atoms with E-state index in [4.69, 9.17) is 4.42 Å². The molecule has 0 radical (unpaired) electrons. The number of carbonyl (C=O) groups excluding carboxylic acids is 2. The molecule has 4 heterocycles. The number of oxazole rings is 1. The first-order valence-corrected chi connectivity index (χ1v) is 15.4. The number of rotatable bonds is 9. The zero-order valence-corrected chi connectivity index (χ0v) is 24.3. The number of likely N-dealkylation sites (tertiary alicyclic amines) is 1. The number of aliphatic hydroxyl groups is 1. The highest BCUT2D eigenvalue weighted by molar-refractivity contribution is 7.09. The predicted molar refractivity (Wildman–Crippen MR) is 160 cm³/mol. The summed E-state index contributed by atoms with van der Waals surface area (Å²) in [5, 5.41) is 20.7. The minimum atomic E-state index is -0.778. The van der Waals surface area contributed by atoms with Crippen LogP contribution in [0.15, 0.2) is 70.8 Å². The van der Waals surface area contributed by atoms with Crippen molar-refractivity contribution < 1.29 is 19.1 Å². The summed E-state index contributed by atoms with van der Waals surface area (Å²) >= 11 is 1.57. The third kappa shape index (κ3) is 6.16. The maximum atomic E-state index is 14.0. The van der Waals surface area contributed by atoms with E-state index in [1.54, 1.807) is 29.5 Å². The number of aromatic nitrogens is 2. The highest BCUT2D eigenvalue weighted by Crippen LogP contribution is 2.35. The van der Waals surface area contributed by atoms with Crippen LogP contribution in [0.4, 0.5) is 0 Å². The molecule has 6 rings (SSSR count). The highest BCUT2D eigenvalue weighted by atomic mass is 32.1. The van der Waals surface area contributed by atoms with Crippen LogP contribution in [-0.2, 0) is 6.42 Å². The normalized spacial score (nSPS) is 20.0. The number of hydrogen-bond donors (Lipinski definition) is 3. The number of aliphatic hydroxyl groups excluding tert-OH is 1. The zero-order valence-electron chi connectivity index (χ0n) is 23.5. The van der Waals surface area contributed by atoms with Crippen molar-refractivity contribution >= 4 is 23.2 Å². The molecule has 0 saturated carbocycles. The summed E-state index contributed by atoms with van der Waals surface area (Å²) in [4.78, 5) is 38.6. The van der Waals surface area contributed by atoms with Gasteiger partial charge in [0.15, 0.2) is 0 Å². The quantitative estimate of drug-likeness (QED) is 0.264. The van der Waals surface area contributed by atoms with E-state index in [1.165, 1.54) is 12.5 Å².